The molecule has 0 unspecified atom stereocenters. The summed E-state index contributed by atoms with van der Waals surface area (Å²) in [5.74, 6) is -0.319. The maximum absolute atomic E-state index is 11.5. The van der Waals surface area contributed by atoms with Crippen LogP contribution < -0.4 is 24.0 Å². The van der Waals surface area contributed by atoms with Gasteiger partial charge in [-0.25, -0.2) is 0 Å². The Bertz CT molecular complexity index is 480. The zero-order chi connectivity index (χ0) is 11.9. The fourth-order valence-electron chi connectivity index (χ4n) is 1.46. The summed E-state index contributed by atoms with van der Waals surface area (Å²) in [7, 11) is 0. The van der Waals surface area contributed by atoms with Crippen LogP contribution in [0.5, 0.6) is 0 Å². The van der Waals surface area contributed by atoms with Crippen LogP contribution in [0, 0.1) is 0 Å². The largest absolute Gasteiger partial charge is 1.00 e. The van der Waals surface area contributed by atoms with Gasteiger partial charge in [0, 0.05) is 6.61 Å². The molecule has 0 aliphatic heterocycles. The molecule has 0 N–H and O–H groups in total. The molecule has 2 aromatic carbocycles. The summed E-state index contributed by atoms with van der Waals surface area (Å²) >= 11 is 0. The standard InChI is InChI=1S/C15H14O2.Li/c16-15(11-13-7-3-1-4-8-13)17-12-14-9-5-2-6-10-14;/h1-11,16H,12H2;/q;+1/p-1/b15-11+;. The van der Waals surface area contributed by atoms with Gasteiger partial charge in [-0.1, -0.05) is 60.7 Å². The molecule has 0 aromatic heterocycles. The molecule has 0 atom stereocenters. The molecule has 0 amide bonds. The van der Waals surface area contributed by atoms with Crippen LogP contribution in [0.15, 0.2) is 66.6 Å². The average molecular weight is 232 g/mol. The van der Waals surface area contributed by atoms with Gasteiger partial charge < -0.3 is 9.84 Å². The van der Waals surface area contributed by atoms with Crippen LogP contribution in [0.4, 0.5) is 0 Å². The predicted octanol–water partition coefficient (Wildman–Crippen LogP) is -0.434. The molecule has 18 heavy (non-hydrogen) atoms. The van der Waals surface area contributed by atoms with E-state index >= 15 is 0 Å². The second kappa shape index (κ2) is 7.66. The van der Waals surface area contributed by atoms with Gasteiger partial charge >= 0.3 is 18.9 Å². The second-order valence-electron chi connectivity index (χ2n) is 3.65. The topological polar surface area (TPSA) is 32.3 Å². The van der Waals surface area contributed by atoms with Crippen molar-refractivity contribution in [1.29, 1.82) is 0 Å². The van der Waals surface area contributed by atoms with E-state index in [1.54, 1.807) is 0 Å². The monoisotopic (exact) mass is 232 g/mol. The van der Waals surface area contributed by atoms with Crippen LogP contribution in [-0.4, -0.2) is 0 Å². The zero-order valence-electron chi connectivity index (χ0n) is 10.4. The van der Waals surface area contributed by atoms with Gasteiger partial charge in [-0.3, -0.25) is 0 Å². The van der Waals surface area contributed by atoms with Crippen molar-refractivity contribution in [3.63, 3.8) is 0 Å². The Kier molecular flexibility index (Phi) is 6.14. The molecule has 0 heterocycles. The van der Waals surface area contributed by atoms with Crippen molar-refractivity contribution in [2.45, 2.75) is 6.61 Å². The molecule has 0 aliphatic rings. The van der Waals surface area contributed by atoms with Gasteiger partial charge in [0.1, 0.15) is 0 Å². The van der Waals surface area contributed by atoms with Gasteiger partial charge in [0.25, 0.3) is 0 Å². The second-order valence-corrected chi connectivity index (χ2v) is 3.65. The molecule has 0 fully saturated rings. The summed E-state index contributed by atoms with van der Waals surface area (Å²) in [5.41, 5.74) is 1.84. The molecule has 2 rings (SSSR count). The first-order valence-corrected chi connectivity index (χ1v) is 5.45. The smallest absolute Gasteiger partial charge is 0.609 e. The average Bonchev–Trinajstić information content (AvgIpc) is 2.39. The van der Waals surface area contributed by atoms with E-state index in [0.717, 1.165) is 11.1 Å². The Labute approximate surface area is 119 Å². The minimum Gasteiger partial charge on any atom is -0.609 e. The summed E-state index contributed by atoms with van der Waals surface area (Å²) in [6, 6.07) is 19.0. The van der Waals surface area contributed by atoms with E-state index in [0.29, 0.717) is 6.61 Å². The third-order valence-corrected chi connectivity index (χ3v) is 2.31. The van der Waals surface area contributed by atoms with E-state index in [4.69, 9.17) is 4.74 Å². The fourth-order valence-corrected chi connectivity index (χ4v) is 1.46. The van der Waals surface area contributed by atoms with Crippen molar-refractivity contribution in [3.8, 4) is 0 Å². The van der Waals surface area contributed by atoms with Gasteiger partial charge in [-0.05, 0) is 17.2 Å². The van der Waals surface area contributed by atoms with Crippen molar-refractivity contribution in [1.82, 2.24) is 0 Å². The number of ether oxygens (including phenoxy) is 1. The van der Waals surface area contributed by atoms with E-state index in [-0.39, 0.29) is 24.8 Å². The molecule has 3 heteroatoms. The van der Waals surface area contributed by atoms with Crippen molar-refractivity contribution < 1.29 is 28.7 Å². The van der Waals surface area contributed by atoms with Crippen molar-refractivity contribution in [3.05, 3.63) is 77.7 Å². The van der Waals surface area contributed by atoms with E-state index < -0.39 is 0 Å². The molecule has 0 bridgehead atoms. The molecule has 0 saturated carbocycles. The molecular formula is C15H13LiO2. The minimum absolute atomic E-state index is 0. The summed E-state index contributed by atoms with van der Waals surface area (Å²) < 4.78 is 5.14. The number of hydrogen-bond acceptors (Lipinski definition) is 2. The van der Waals surface area contributed by atoms with Crippen molar-refractivity contribution in [2.75, 3.05) is 0 Å². The number of benzene rings is 2. The first-order chi connectivity index (χ1) is 8.34. The molecule has 2 nitrogen and oxygen atoms in total. The summed E-state index contributed by atoms with van der Waals surface area (Å²) in [5, 5.41) is 11.5. The van der Waals surface area contributed by atoms with Crippen LogP contribution in [0.2, 0.25) is 0 Å². The Balaban J connectivity index is 0.00000162. The summed E-state index contributed by atoms with van der Waals surface area (Å²) in [4.78, 5) is 0. The van der Waals surface area contributed by atoms with Crippen LogP contribution in [0.3, 0.4) is 0 Å². The van der Waals surface area contributed by atoms with E-state index in [2.05, 4.69) is 0 Å². The van der Waals surface area contributed by atoms with E-state index in [1.807, 2.05) is 60.7 Å². The number of rotatable bonds is 4. The molecule has 0 spiro atoms. The number of hydrogen-bond donors (Lipinski definition) is 0. The predicted molar refractivity (Wildman–Crippen MR) is 65.7 cm³/mol. The van der Waals surface area contributed by atoms with Crippen LogP contribution in [-0.2, 0) is 11.3 Å². The van der Waals surface area contributed by atoms with E-state index in [9.17, 15) is 5.11 Å². The maximum Gasteiger partial charge on any atom is 1.00 e. The quantitative estimate of drug-likeness (QED) is 0.529. The van der Waals surface area contributed by atoms with Gasteiger partial charge in [0.05, 0.1) is 5.95 Å². The Morgan fingerprint density at radius 3 is 2.11 bits per heavy atom. The third kappa shape index (κ3) is 4.71. The summed E-state index contributed by atoms with van der Waals surface area (Å²) in [6.45, 7) is 0.309. The summed E-state index contributed by atoms with van der Waals surface area (Å²) in [6.07, 6.45) is 1.49. The van der Waals surface area contributed by atoms with Gasteiger partial charge in [0.15, 0.2) is 0 Å². The minimum atomic E-state index is -0.319. The molecule has 0 radical (unpaired) electrons. The van der Waals surface area contributed by atoms with Crippen LogP contribution in [0.25, 0.3) is 6.08 Å². The Morgan fingerprint density at radius 2 is 1.50 bits per heavy atom. The first-order valence-electron chi connectivity index (χ1n) is 5.45. The maximum atomic E-state index is 11.5. The van der Waals surface area contributed by atoms with E-state index in [1.165, 1.54) is 6.08 Å². The van der Waals surface area contributed by atoms with Crippen molar-refractivity contribution >= 4 is 6.08 Å². The molecule has 0 aliphatic carbocycles. The fraction of sp³-hybridized carbons (Fsp3) is 0.0667. The van der Waals surface area contributed by atoms with Crippen LogP contribution in [0.1, 0.15) is 11.1 Å². The van der Waals surface area contributed by atoms with Gasteiger partial charge in [-0.15, -0.1) is 0 Å². The van der Waals surface area contributed by atoms with Gasteiger partial charge in [0.2, 0.25) is 0 Å². The van der Waals surface area contributed by atoms with Gasteiger partial charge in [-0.2, -0.15) is 0 Å². The molecule has 2 aromatic rings. The van der Waals surface area contributed by atoms with Crippen molar-refractivity contribution in [2.24, 2.45) is 0 Å². The Morgan fingerprint density at radius 1 is 0.944 bits per heavy atom. The first kappa shape index (κ1) is 14.4. The SMILES string of the molecule is [Li+].[O-]/C(=C\c1ccccc1)OCc1ccccc1. The molecule has 0 saturated heterocycles. The zero-order valence-corrected chi connectivity index (χ0v) is 10.4. The van der Waals surface area contributed by atoms with Crippen LogP contribution >= 0.6 is 0 Å². The normalized spacial score (nSPS) is 10.6. The Hall–Kier alpha value is -1.62. The molecule has 86 valence electrons. The third-order valence-electron chi connectivity index (χ3n) is 2.31. The molecular weight excluding hydrogens is 219 g/mol.